The SMILES string of the molecule is CC(C)C(C(=O)NC(C)(C)CC(C)(C)C)C(N)=S. The van der Waals surface area contributed by atoms with E-state index in [2.05, 4.69) is 26.1 Å². The Labute approximate surface area is 117 Å². The summed E-state index contributed by atoms with van der Waals surface area (Å²) in [5, 5.41) is 3.07. The fraction of sp³-hybridized carbons (Fsp3) is 0.857. The van der Waals surface area contributed by atoms with E-state index in [-0.39, 0.29) is 33.7 Å². The number of hydrogen-bond acceptors (Lipinski definition) is 2. The summed E-state index contributed by atoms with van der Waals surface area (Å²) in [6.07, 6.45) is 0.897. The van der Waals surface area contributed by atoms with Gasteiger partial charge in [-0.15, -0.1) is 0 Å². The van der Waals surface area contributed by atoms with Crippen molar-refractivity contribution in [2.24, 2.45) is 23.0 Å². The molecule has 0 spiro atoms. The lowest BCUT2D eigenvalue weighted by atomic mass is 9.81. The fourth-order valence-electron chi connectivity index (χ4n) is 2.54. The molecule has 1 unspecified atom stereocenters. The quantitative estimate of drug-likeness (QED) is 0.757. The van der Waals surface area contributed by atoms with E-state index in [9.17, 15) is 4.79 Å². The molecule has 3 nitrogen and oxygen atoms in total. The zero-order valence-corrected chi connectivity index (χ0v) is 13.6. The molecular weight excluding hydrogens is 244 g/mol. The Morgan fingerprint density at radius 1 is 1.22 bits per heavy atom. The van der Waals surface area contributed by atoms with Crippen LogP contribution in [0.2, 0.25) is 0 Å². The molecule has 0 aromatic carbocycles. The van der Waals surface area contributed by atoms with Crippen LogP contribution in [-0.4, -0.2) is 16.4 Å². The molecule has 0 aliphatic rings. The van der Waals surface area contributed by atoms with Gasteiger partial charge >= 0.3 is 0 Å². The molecule has 0 aromatic heterocycles. The van der Waals surface area contributed by atoms with Crippen molar-refractivity contribution in [1.29, 1.82) is 0 Å². The van der Waals surface area contributed by atoms with Gasteiger partial charge in [0.25, 0.3) is 0 Å². The lowest BCUT2D eigenvalue weighted by Gasteiger charge is -2.35. The molecule has 0 aliphatic heterocycles. The Morgan fingerprint density at radius 3 is 1.94 bits per heavy atom. The van der Waals surface area contributed by atoms with Crippen LogP contribution < -0.4 is 11.1 Å². The van der Waals surface area contributed by atoms with Crippen LogP contribution in [0.5, 0.6) is 0 Å². The third-order valence-electron chi connectivity index (χ3n) is 2.69. The summed E-state index contributed by atoms with van der Waals surface area (Å²) in [6.45, 7) is 14.5. The first-order valence-corrected chi connectivity index (χ1v) is 6.88. The summed E-state index contributed by atoms with van der Waals surface area (Å²) in [7, 11) is 0. The molecule has 0 radical (unpaired) electrons. The van der Waals surface area contributed by atoms with Gasteiger partial charge in [-0.05, 0) is 31.6 Å². The smallest absolute Gasteiger partial charge is 0.230 e. The maximum absolute atomic E-state index is 12.2. The number of nitrogens with one attached hydrogen (secondary N) is 1. The molecule has 0 bridgehead atoms. The first-order valence-electron chi connectivity index (χ1n) is 6.47. The number of rotatable bonds is 5. The van der Waals surface area contributed by atoms with Crippen molar-refractivity contribution in [3.8, 4) is 0 Å². The molecule has 0 fully saturated rings. The minimum atomic E-state index is -0.390. The molecule has 106 valence electrons. The lowest BCUT2D eigenvalue weighted by Crippen LogP contribution is -2.51. The van der Waals surface area contributed by atoms with Crippen molar-refractivity contribution in [3.05, 3.63) is 0 Å². The van der Waals surface area contributed by atoms with Crippen molar-refractivity contribution in [3.63, 3.8) is 0 Å². The van der Waals surface area contributed by atoms with Crippen LogP contribution in [-0.2, 0) is 4.79 Å². The second kappa shape index (κ2) is 6.00. The van der Waals surface area contributed by atoms with Crippen LogP contribution >= 0.6 is 12.2 Å². The summed E-state index contributed by atoms with van der Waals surface area (Å²) in [6, 6.07) is 0. The average molecular weight is 272 g/mol. The van der Waals surface area contributed by atoms with Gasteiger partial charge in [0.1, 0.15) is 0 Å². The molecule has 0 aromatic rings. The van der Waals surface area contributed by atoms with E-state index < -0.39 is 0 Å². The number of thiocarbonyl (C=S) groups is 1. The Balaban J connectivity index is 4.77. The number of carbonyl (C=O) groups is 1. The van der Waals surface area contributed by atoms with Crippen molar-refractivity contribution >= 4 is 23.1 Å². The van der Waals surface area contributed by atoms with E-state index in [1.54, 1.807) is 0 Å². The summed E-state index contributed by atoms with van der Waals surface area (Å²) >= 11 is 4.99. The van der Waals surface area contributed by atoms with Crippen molar-refractivity contribution in [2.45, 2.75) is 60.4 Å². The van der Waals surface area contributed by atoms with E-state index in [4.69, 9.17) is 18.0 Å². The average Bonchev–Trinajstić information content (AvgIpc) is 1.93. The van der Waals surface area contributed by atoms with Crippen LogP contribution in [0.3, 0.4) is 0 Å². The van der Waals surface area contributed by atoms with E-state index in [0.717, 1.165) is 6.42 Å². The van der Waals surface area contributed by atoms with Crippen LogP contribution in [0, 0.1) is 17.3 Å². The van der Waals surface area contributed by atoms with Crippen LogP contribution in [0.15, 0.2) is 0 Å². The minimum absolute atomic E-state index is 0.0632. The topological polar surface area (TPSA) is 55.1 Å². The normalized spacial score (nSPS) is 14.4. The summed E-state index contributed by atoms with van der Waals surface area (Å²) in [5.74, 6) is -0.334. The molecule has 0 rings (SSSR count). The molecule has 1 atom stereocenters. The summed E-state index contributed by atoms with van der Waals surface area (Å²) in [4.78, 5) is 12.5. The van der Waals surface area contributed by atoms with E-state index in [1.165, 1.54) is 0 Å². The van der Waals surface area contributed by atoms with Crippen molar-refractivity contribution in [1.82, 2.24) is 5.32 Å². The first kappa shape index (κ1) is 17.4. The van der Waals surface area contributed by atoms with E-state index in [0.29, 0.717) is 0 Å². The highest BCUT2D eigenvalue weighted by molar-refractivity contribution is 7.80. The first-order chi connectivity index (χ1) is 7.86. The second-order valence-electron chi connectivity index (χ2n) is 7.23. The highest BCUT2D eigenvalue weighted by Gasteiger charge is 2.32. The predicted molar refractivity (Wildman–Crippen MR) is 81.4 cm³/mol. The van der Waals surface area contributed by atoms with Gasteiger partial charge in [-0.25, -0.2) is 0 Å². The number of carbonyl (C=O) groups excluding carboxylic acids is 1. The maximum Gasteiger partial charge on any atom is 0.230 e. The van der Waals surface area contributed by atoms with Gasteiger partial charge in [-0.1, -0.05) is 46.8 Å². The third-order valence-corrected chi connectivity index (χ3v) is 2.94. The number of hydrogen-bond donors (Lipinski definition) is 2. The van der Waals surface area contributed by atoms with Gasteiger partial charge in [0.2, 0.25) is 5.91 Å². The largest absolute Gasteiger partial charge is 0.393 e. The van der Waals surface area contributed by atoms with Crippen LogP contribution in [0.25, 0.3) is 0 Å². The number of amides is 1. The monoisotopic (exact) mass is 272 g/mol. The fourth-order valence-corrected chi connectivity index (χ4v) is 2.92. The Morgan fingerprint density at radius 2 is 1.67 bits per heavy atom. The summed E-state index contributed by atoms with van der Waals surface area (Å²) < 4.78 is 0. The highest BCUT2D eigenvalue weighted by atomic mass is 32.1. The summed E-state index contributed by atoms with van der Waals surface area (Å²) in [5.41, 5.74) is 5.56. The van der Waals surface area contributed by atoms with Gasteiger partial charge in [-0.2, -0.15) is 0 Å². The minimum Gasteiger partial charge on any atom is -0.393 e. The van der Waals surface area contributed by atoms with Gasteiger partial charge < -0.3 is 11.1 Å². The molecular formula is C14H28N2OS. The highest BCUT2D eigenvalue weighted by Crippen LogP contribution is 2.27. The maximum atomic E-state index is 12.2. The number of nitrogens with two attached hydrogens (primary N) is 1. The Bertz CT molecular complexity index is 316. The van der Waals surface area contributed by atoms with Crippen LogP contribution in [0.1, 0.15) is 54.9 Å². The Kier molecular flexibility index (Phi) is 5.79. The van der Waals surface area contributed by atoms with Gasteiger partial charge in [-0.3, -0.25) is 4.79 Å². The molecule has 0 saturated heterocycles. The standard InChI is InChI=1S/C14H28N2OS/c1-9(2)10(11(15)18)12(17)16-14(6,7)8-13(3,4)5/h9-10H,8H2,1-7H3,(H2,15,18)(H,16,17). The van der Waals surface area contributed by atoms with Gasteiger partial charge in [0.15, 0.2) is 0 Å². The molecule has 4 heteroatoms. The van der Waals surface area contributed by atoms with Gasteiger partial charge in [0.05, 0.1) is 10.9 Å². The van der Waals surface area contributed by atoms with Crippen LogP contribution in [0.4, 0.5) is 0 Å². The van der Waals surface area contributed by atoms with Crippen molar-refractivity contribution < 1.29 is 4.79 Å². The third kappa shape index (κ3) is 6.34. The Hall–Kier alpha value is -0.640. The predicted octanol–water partition coefficient (Wildman–Crippen LogP) is 2.88. The van der Waals surface area contributed by atoms with Crippen molar-refractivity contribution in [2.75, 3.05) is 0 Å². The zero-order valence-electron chi connectivity index (χ0n) is 12.8. The lowest BCUT2D eigenvalue weighted by molar-refractivity contribution is -0.125. The molecule has 0 heterocycles. The zero-order chi connectivity index (χ0) is 14.7. The second-order valence-corrected chi connectivity index (χ2v) is 7.71. The van der Waals surface area contributed by atoms with E-state index >= 15 is 0 Å². The van der Waals surface area contributed by atoms with E-state index in [1.807, 2.05) is 27.7 Å². The molecule has 0 saturated carbocycles. The molecule has 3 N–H and O–H groups in total. The molecule has 18 heavy (non-hydrogen) atoms. The van der Waals surface area contributed by atoms with Gasteiger partial charge in [0, 0.05) is 5.54 Å². The molecule has 1 amide bonds. The molecule has 0 aliphatic carbocycles.